The lowest BCUT2D eigenvalue weighted by Crippen LogP contribution is -2.25. The van der Waals surface area contributed by atoms with Crippen LogP contribution in [0.25, 0.3) is 21.5 Å². The molecule has 0 spiro atoms. The number of rotatable bonds is 5. The van der Waals surface area contributed by atoms with Crippen molar-refractivity contribution in [2.24, 2.45) is 4.40 Å². The summed E-state index contributed by atoms with van der Waals surface area (Å²) >= 11 is 1.12. The van der Waals surface area contributed by atoms with Gasteiger partial charge < -0.3 is 5.43 Å². The Kier molecular flexibility index (Phi) is 5.43. The van der Waals surface area contributed by atoms with Crippen LogP contribution in [0.5, 0.6) is 0 Å². The summed E-state index contributed by atoms with van der Waals surface area (Å²) in [7, 11) is -2.40. The second kappa shape index (κ2) is 8.42. The van der Waals surface area contributed by atoms with E-state index in [2.05, 4.69) is 45.6 Å². The fourth-order valence-corrected chi connectivity index (χ4v) is 5.82. The van der Waals surface area contributed by atoms with Crippen LogP contribution in [0.4, 0.5) is 11.4 Å². The SMILES string of the molecule is CN1C(=O)CS/C1=N\S(=O)(=O)c1ccc(NNc2c3ccccc3cc3ccccc23)cc1. The van der Waals surface area contributed by atoms with Crippen LogP contribution in [-0.2, 0) is 14.8 Å². The van der Waals surface area contributed by atoms with Gasteiger partial charge in [0.2, 0.25) is 5.91 Å². The number of thioether (sulfide) groups is 1. The molecular weight excluding hydrogens is 456 g/mol. The van der Waals surface area contributed by atoms with Crippen molar-refractivity contribution in [3.63, 3.8) is 0 Å². The minimum atomic E-state index is -3.92. The topological polar surface area (TPSA) is 90.9 Å². The van der Waals surface area contributed by atoms with E-state index in [9.17, 15) is 13.2 Å². The third kappa shape index (κ3) is 4.12. The molecule has 1 aliphatic heterocycles. The van der Waals surface area contributed by atoms with Crippen molar-refractivity contribution < 1.29 is 13.2 Å². The average Bonchev–Trinajstić information content (AvgIpc) is 3.13. The number of hydrazine groups is 1. The van der Waals surface area contributed by atoms with E-state index in [-0.39, 0.29) is 21.7 Å². The molecule has 1 aliphatic rings. The maximum absolute atomic E-state index is 12.6. The third-order valence-corrected chi connectivity index (χ3v) is 7.85. The van der Waals surface area contributed by atoms with Gasteiger partial charge in [-0.25, -0.2) is 0 Å². The molecular formula is C24H20N4O3S2. The standard InChI is InChI=1S/C24H20N4O3S2/c1-28-22(29)15-32-24(28)27-33(30,31)19-12-10-18(11-13-19)25-26-23-20-8-4-2-6-16(20)14-17-7-3-5-9-21(17)23/h2-14,25-26H,15H2,1H3/b27-24-. The number of fused-ring (bicyclic) bond motifs is 2. The van der Waals surface area contributed by atoms with E-state index < -0.39 is 10.0 Å². The molecule has 4 aromatic carbocycles. The highest BCUT2D eigenvalue weighted by Crippen LogP contribution is 2.33. The summed E-state index contributed by atoms with van der Waals surface area (Å²) in [6.07, 6.45) is 0. The number of amidine groups is 1. The molecule has 33 heavy (non-hydrogen) atoms. The number of carbonyl (C=O) groups is 1. The number of sulfonamides is 1. The van der Waals surface area contributed by atoms with Gasteiger partial charge in [-0.3, -0.25) is 15.1 Å². The Bertz CT molecular complexity index is 1460. The molecule has 4 aromatic rings. The van der Waals surface area contributed by atoms with E-state index in [1.807, 2.05) is 24.3 Å². The molecule has 1 fully saturated rings. The third-order valence-electron chi connectivity index (χ3n) is 5.44. The molecule has 7 nitrogen and oxygen atoms in total. The van der Waals surface area contributed by atoms with Crippen molar-refractivity contribution in [3.05, 3.63) is 78.9 Å². The molecule has 0 aromatic heterocycles. The number of hydrogen-bond donors (Lipinski definition) is 2. The van der Waals surface area contributed by atoms with Crippen LogP contribution in [0, 0.1) is 0 Å². The number of nitrogens with zero attached hydrogens (tertiary/aromatic N) is 2. The van der Waals surface area contributed by atoms with Crippen LogP contribution in [0.3, 0.4) is 0 Å². The summed E-state index contributed by atoms with van der Waals surface area (Å²) in [6.45, 7) is 0. The van der Waals surface area contributed by atoms with Gasteiger partial charge in [0, 0.05) is 17.8 Å². The van der Waals surface area contributed by atoms with Gasteiger partial charge in [-0.1, -0.05) is 60.3 Å². The van der Waals surface area contributed by atoms with Crippen molar-refractivity contribution >= 4 is 65.8 Å². The summed E-state index contributed by atoms with van der Waals surface area (Å²) in [5, 5.41) is 4.58. The average molecular weight is 477 g/mol. The zero-order chi connectivity index (χ0) is 23.0. The van der Waals surface area contributed by atoms with Crippen LogP contribution >= 0.6 is 11.8 Å². The molecule has 5 rings (SSSR count). The van der Waals surface area contributed by atoms with Gasteiger partial charge >= 0.3 is 0 Å². The summed E-state index contributed by atoms with van der Waals surface area (Å²) in [6, 6.07) is 24.8. The summed E-state index contributed by atoms with van der Waals surface area (Å²) < 4.78 is 29.1. The lowest BCUT2D eigenvalue weighted by Gasteiger charge is -2.15. The van der Waals surface area contributed by atoms with E-state index in [0.717, 1.165) is 39.0 Å². The van der Waals surface area contributed by atoms with E-state index in [4.69, 9.17) is 0 Å². The van der Waals surface area contributed by atoms with Gasteiger partial charge in [0.1, 0.15) is 0 Å². The van der Waals surface area contributed by atoms with Gasteiger partial charge in [0.15, 0.2) is 5.17 Å². The molecule has 2 N–H and O–H groups in total. The summed E-state index contributed by atoms with van der Waals surface area (Å²) in [5.74, 6) is 0.0305. The van der Waals surface area contributed by atoms with E-state index in [1.54, 1.807) is 12.1 Å². The van der Waals surface area contributed by atoms with Gasteiger partial charge in [-0.15, -0.1) is 4.40 Å². The highest BCUT2D eigenvalue weighted by Gasteiger charge is 2.27. The first-order chi connectivity index (χ1) is 15.9. The molecule has 0 bridgehead atoms. The number of nitrogens with one attached hydrogen (secondary N) is 2. The number of benzene rings is 4. The molecule has 1 amide bonds. The first-order valence-electron chi connectivity index (χ1n) is 10.2. The lowest BCUT2D eigenvalue weighted by atomic mass is 10.0. The molecule has 9 heteroatoms. The number of carbonyl (C=O) groups excluding carboxylic acids is 1. The Hall–Kier alpha value is -3.56. The normalized spacial score (nSPS) is 15.5. The molecule has 0 radical (unpaired) electrons. The smallest absolute Gasteiger partial charge is 0.284 e. The van der Waals surface area contributed by atoms with Crippen molar-refractivity contribution in [2.75, 3.05) is 23.7 Å². The zero-order valence-corrected chi connectivity index (χ0v) is 19.3. The Morgan fingerprint density at radius 1 is 0.879 bits per heavy atom. The quantitative estimate of drug-likeness (QED) is 0.321. The van der Waals surface area contributed by atoms with E-state index >= 15 is 0 Å². The molecule has 0 aliphatic carbocycles. The predicted octanol–water partition coefficient (Wildman–Crippen LogP) is 4.68. The lowest BCUT2D eigenvalue weighted by molar-refractivity contribution is -0.123. The molecule has 0 atom stereocenters. The minimum Gasteiger partial charge on any atom is -0.301 e. The largest absolute Gasteiger partial charge is 0.301 e. The van der Waals surface area contributed by atoms with Crippen molar-refractivity contribution in [1.82, 2.24) is 4.90 Å². The maximum Gasteiger partial charge on any atom is 0.284 e. The van der Waals surface area contributed by atoms with E-state index in [0.29, 0.717) is 5.69 Å². The number of amides is 1. The molecule has 166 valence electrons. The van der Waals surface area contributed by atoms with Crippen LogP contribution in [0.2, 0.25) is 0 Å². The molecule has 1 saturated heterocycles. The molecule has 1 heterocycles. The van der Waals surface area contributed by atoms with Crippen molar-refractivity contribution in [2.45, 2.75) is 4.90 Å². The van der Waals surface area contributed by atoms with Gasteiger partial charge in [-0.05, 0) is 41.1 Å². The number of hydrogen-bond acceptors (Lipinski definition) is 6. The van der Waals surface area contributed by atoms with E-state index in [1.165, 1.54) is 24.1 Å². The Balaban J connectivity index is 1.40. The zero-order valence-electron chi connectivity index (χ0n) is 17.6. The second-order valence-electron chi connectivity index (χ2n) is 7.56. The van der Waals surface area contributed by atoms with Crippen LogP contribution in [0.1, 0.15) is 0 Å². The first-order valence-corrected chi connectivity index (χ1v) is 12.6. The fourth-order valence-electron chi connectivity index (χ4n) is 3.66. The minimum absolute atomic E-state index is 0.0597. The fraction of sp³-hybridized carbons (Fsp3) is 0.0833. The highest BCUT2D eigenvalue weighted by atomic mass is 32.2. The predicted molar refractivity (Wildman–Crippen MR) is 135 cm³/mol. The van der Waals surface area contributed by atoms with Crippen LogP contribution in [0.15, 0.2) is 88.2 Å². The molecule has 0 unspecified atom stereocenters. The van der Waals surface area contributed by atoms with Crippen LogP contribution in [-0.4, -0.2) is 37.2 Å². The first kappa shape index (κ1) is 21.3. The van der Waals surface area contributed by atoms with Gasteiger partial charge in [0.25, 0.3) is 10.0 Å². The Labute approximate surface area is 195 Å². The number of anilines is 2. The highest BCUT2D eigenvalue weighted by molar-refractivity contribution is 8.15. The summed E-state index contributed by atoms with van der Waals surface area (Å²) in [4.78, 5) is 12.9. The Morgan fingerprint density at radius 2 is 1.48 bits per heavy atom. The molecule has 0 saturated carbocycles. The van der Waals surface area contributed by atoms with Crippen molar-refractivity contribution in [1.29, 1.82) is 0 Å². The second-order valence-corrected chi connectivity index (χ2v) is 10.1. The van der Waals surface area contributed by atoms with Crippen molar-refractivity contribution in [3.8, 4) is 0 Å². The van der Waals surface area contributed by atoms with Gasteiger partial charge in [0.05, 0.1) is 22.0 Å². The Morgan fingerprint density at radius 3 is 2.06 bits per heavy atom. The van der Waals surface area contributed by atoms with Gasteiger partial charge in [-0.2, -0.15) is 8.42 Å². The van der Waals surface area contributed by atoms with Crippen LogP contribution < -0.4 is 10.9 Å². The maximum atomic E-state index is 12.6. The monoisotopic (exact) mass is 476 g/mol. The summed E-state index contributed by atoms with van der Waals surface area (Å²) in [5.41, 5.74) is 8.11.